The Balaban J connectivity index is 1.86. The topological polar surface area (TPSA) is 125 Å². The van der Waals surface area contributed by atoms with Gasteiger partial charge < -0.3 is 25.1 Å². The maximum absolute atomic E-state index is 13.3. The van der Waals surface area contributed by atoms with Gasteiger partial charge in [0.1, 0.15) is 18.1 Å². The van der Waals surface area contributed by atoms with Crippen LogP contribution in [0.4, 0.5) is 0 Å². The maximum Gasteiger partial charge on any atom is 0.265 e. The molecule has 0 saturated carbocycles. The Morgan fingerprint density at radius 2 is 1.82 bits per heavy atom. The summed E-state index contributed by atoms with van der Waals surface area (Å²) in [5.74, 6) is -1.47. The van der Waals surface area contributed by atoms with E-state index in [0.717, 1.165) is 30.7 Å². The normalized spacial score (nSPS) is 14.3. The van der Waals surface area contributed by atoms with Crippen LogP contribution >= 0.6 is 0 Å². The number of nitrogens with zero attached hydrogens (tertiary/aromatic N) is 2. The summed E-state index contributed by atoms with van der Waals surface area (Å²) in [5.41, 5.74) is 0.608. The van der Waals surface area contributed by atoms with Crippen molar-refractivity contribution in [2.45, 2.75) is 70.8 Å². The molecule has 0 spiro atoms. The van der Waals surface area contributed by atoms with E-state index in [9.17, 15) is 24.0 Å². The lowest BCUT2D eigenvalue weighted by Gasteiger charge is -2.26. The summed E-state index contributed by atoms with van der Waals surface area (Å²) >= 11 is 0. The van der Waals surface area contributed by atoms with Crippen molar-refractivity contribution < 1.29 is 28.7 Å². The van der Waals surface area contributed by atoms with Gasteiger partial charge >= 0.3 is 0 Å². The number of likely N-dealkylation sites (N-methyl/N-ethyl adjacent to an activating group) is 1. The van der Waals surface area contributed by atoms with Crippen LogP contribution in [0.15, 0.2) is 18.2 Å². The second-order valence-corrected chi connectivity index (χ2v) is 9.60. The number of rotatable bonds is 17. The van der Waals surface area contributed by atoms with E-state index in [2.05, 4.69) is 15.5 Å². The molecule has 4 amide bonds. The summed E-state index contributed by atoms with van der Waals surface area (Å²) in [5, 5.41) is 5.26. The van der Waals surface area contributed by atoms with Crippen LogP contribution < -0.4 is 15.4 Å². The van der Waals surface area contributed by atoms with Crippen molar-refractivity contribution in [1.82, 2.24) is 20.4 Å². The fourth-order valence-electron chi connectivity index (χ4n) is 4.64. The van der Waals surface area contributed by atoms with Crippen LogP contribution in [-0.2, 0) is 19.2 Å². The van der Waals surface area contributed by atoms with Crippen LogP contribution in [0, 0.1) is 6.92 Å². The number of carbonyl (C=O) groups is 5. The number of unbranched alkanes of at least 4 members (excludes halogenated alkanes) is 3. The van der Waals surface area contributed by atoms with Crippen molar-refractivity contribution >= 4 is 30.4 Å². The molecule has 1 heterocycles. The van der Waals surface area contributed by atoms with Crippen molar-refractivity contribution in [3.63, 3.8) is 0 Å². The molecule has 1 unspecified atom stereocenters. The van der Waals surface area contributed by atoms with Gasteiger partial charge in [0.15, 0.2) is 6.61 Å². The van der Waals surface area contributed by atoms with E-state index in [1.54, 1.807) is 25.1 Å². The summed E-state index contributed by atoms with van der Waals surface area (Å²) in [6.07, 6.45) is 9.10. The average Bonchev–Trinajstić information content (AvgIpc) is 2.93. The quantitative estimate of drug-likeness (QED) is 0.234. The first kappa shape index (κ1) is 31.0. The Kier molecular flexibility index (Phi) is 14.1. The average molecular weight is 531 g/mol. The standard InChI is InChI=1S/C28H42N4O6/c1-22-12-10-14-24(26(22)28(37)32(21-34)23(13-11-19-33)27(36)29-2)38-20-25(35)30-15-6-3-4-7-16-31-17-8-5-9-18-31/h10,12,14,19,21,23H,3-9,11,13,15-18,20H2,1-2H3,(H,29,36)(H,30,35). The Morgan fingerprint density at radius 1 is 1.08 bits per heavy atom. The fraction of sp³-hybridized carbons (Fsp3) is 0.607. The minimum absolute atomic E-state index is 0.00358. The molecule has 2 N–H and O–H groups in total. The van der Waals surface area contributed by atoms with Crippen LogP contribution in [0.5, 0.6) is 5.75 Å². The van der Waals surface area contributed by atoms with Crippen molar-refractivity contribution in [2.75, 3.05) is 39.8 Å². The van der Waals surface area contributed by atoms with Gasteiger partial charge in [-0.1, -0.05) is 31.4 Å². The fourth-order valence-corrected chi connectivity index (χ4v) is 4.64. The van der Waals surface area contributed by atoms with Crippen molar-refractivity contribution in [3.8, 4) is 5.75 Å². The van der Waals surface area contributed by atoms with E-state index < -0.39 is 17.9 Å². The highest BCUT2D eigenvalue weighted by molar-refractivity contribution is 6.06. The Morgan fingerprint density at radius 3 is 2.50 bits per heavy atom. The molecule has 0 radical (unpaired) electrons. The van der Waals surface area contributed by atoms with Crippen LogP contribution in [0.2, 0.25) is 0 Å². The third-order valence-electron chi connectivity index (χ3n) is 6.77. The van der Waals surface area contributed by atoms with Crippen LogP contribution in [0.25, 0.3) is 0 Å². The predicted octanol–water partition coefficient (Wildman–Crippen LogP) is 2.23. The number of aryl methyl sites for hydroxylation is 1. The van der Waals surface area contributed by atoms with Gasteiger partial charge in [0, 0.05) is 20.0 Å². The molecule has 0 aromatic heterocycles. The first-order valence-corrected chi connectivity index (χ1v) is 13.6. The van der Waals surface area contributed by atoms with E-state index in [-0.39, 0.29) is 43.1 Å². The maximum atomic E-state index is 13.3. The molecule has 0 bridgehead atoms. The van der Waals surface area contributed by atoms with Gasteiger partial charge in [-0.3, -0.25) is 24.1 Å². The lowest BCUT2D eigenvalue weighted by Crippen LogP contribution is -2.48. The number of likely N-dealkylation sites (tertiary alicyclic amines) is 1. The number of nitrogens with one attached hydrogen (secondary N) is 2. The third-order valence-corrected chi connectivity index (χ3v) is 6.77. The zero-order valence-electron chi connectivity index (χ0n) is 22.7. The molecule has 38 heavy (non-hydrogen) atoms. The Hall–Kier alpha value is -3.27. The molecule has 1 atom stereocenters. The molecule has 1 aliphatic heterocycles. The molecular weight excluding hydrogens is 488 g/mol. The molecular formula is C28H42N4O6. The second kappa shape index (κ2) is 17.3. The Bertz CT molecular complexity index is 932. The van der Waals surface area contributed by atoms with Gasteiger partial charge in [-0.25, -0.2) is 0 Å². The zero-order chi connectivity index (χ0) is 27.8. The molecule has 2 rings (SSSR count). The lowest BCUT2D eigenvalue weighted by molar-refractivity contribution is -0.131. The smallest absolute Gasteiger partial charge is 0.265 e. The summed E-state index contributed by atoms with van der Waals surface area (Å²) in [6.45, 7) is 5.52. The summed E-state index contributed by atoms with van der Waals surface area (Å²) in [4.78, 5) is 64.0. The molecule has 1 aliphatic rings. The number of hydrogen-bond acceptors (Lipinski definition) is 7. The summed E-state index contributed by atoms with van der Waals surface area (Å²) in [7, 11) is 1.39. The third kappa shape index (κ3) is 9.89. The van der Waals surface area contributed by atoms with E-state index in [1.807, 2.05) is 0 Å². The van der Waals surface area contributed by atoms with E-state index in [1.165, 1.54) is 45.8 Å². The van der Waals surface area contributed by atoms with E-state index in [4.69, 9.17) is 4.74 Å². The summed E-state index contributed by atoms with van der Waals surface area (Å²) < 4.78 is 5.67. The van der Waals surface area contributed by atoms with Crippen molar-refractivity contribution in [3.05, 3.63) is 29.3 Å². The minimum Gasteiger partial charge on any atom is -0.483 e. The van der Waals surface area contributed by atoms with Crippen molar-refractivity contribution in [2.24, 2.45) is 0 Å². The summed E-state index contributed by atoms with van der Waals surface area (Å²) in [6, 6.07) is 3.75. The number of benzene rings is 1. The predicted molar refractivity (Wildman–Crippen MR) is 144 cm³/mol. The second-order valence-electron chi connectivity index (χ2n) is 9.60. The molecule has 10 heteroatoms. The monoisotopic (exact) mass is 530 g/mol. The van der Waals surface area contributed by atoms with Crippen LogP contribution in [-0.4, -0.2) is 86.1 Å². The highest BCUT2D eigenvalue weighted by atomic mass is 16.5. The number of amides is 4. The first-order valence-electron chi connectivity index (χ1n) is 13.6. The molecule has 210 valence electrons. The lowest BCUT2D eigenvalue weighted by atomic mass is 10.0. The van der Waals surface area contributed by atoms with Crippen LogP contribution in [0.3, 0.4) is 0 Å². The largest absolute Gasteiger partial charge is 0.483 e. The molecule has 1 aromatic carbocycles. The molecule has 1 fully saturated rings. The van der Waals surface area contributed by atoms with Gasteiger partial charge in [-0.05, 0) is 70.3 Å². The van der Waals surface area contributed by atoms with Gasteiger partial charge in [-0.15, -0.1) is 0 Å². The number of aldehydes is 1. The zero-order valence-corrected chi connectivity index (χ0v) is 22.7. The number of piperidine rings is 1. The highest BCUT2D eigenvalue weighted by Gasteiger charge is 2.32. The number of ether oxygens (including phenoxy) is 1. The molecule has 10 nitrogen and oxygen atoms in total. The number of hydrogen-bond donors (Lipinski definition) is 2. The van der Waals surface area contributed by atoms with Crippen molar-refractivity contribution in [1.29, 1.82) is 0 Å². The van der Waals surface area contributed by atoms with E-state index in [0.29, 0.717) is 18.4 Å². The number of carbonyl (C=O) groups excluding carboxylic acids is 5. The SMILES string of the molecule is CNC(=O)C(CCC=O)N(C=O)C(=O)c1c(C)cccc1OCC(=O)NCCCCCCN1CCCCC1. The highest BCUT2D eigenvalue weighted by Crippen LogP contribution is 2.25. The van der Waals surface area contributed by atoms with Gasteiger partial charge in [0.2, 0.25) is 12.3 Å². The van der Waals surface area contributed by atoms with Gasteiger partial charge in [0.05, 0.1) is 5.56 Å². The molecule has 1 aromatic rings. The van der Waals surface area contributed by atoms with E-state index >= 15 is 0 Å². The number of imide groups is 1. The Labute approximate surface area is 225 Å². The molecule has 1 saturated heterocycles. The minimum atomic E-state index is -1.15. The van der Waals surface area contributed by atoms with Gasteiger partial charge in [-0.2, -0.15) is 0 Å². The first-order chi connectivity index (χ1) is 18.4. The van der Waals surface area contributed by atoms with Gasteiger partial charge in [0.25, 0.3) is 11.8 Å². The molecule has 0 aliphatic carbocycles. The van der Waals surface area contributed by atoms with Crippen LogP contribution in [0.1, 0.15) is 73.7 Å².